The second-order valence-electron chi connectivity index (χ2n) is 5.53. The van der Waals surface area contributed by atoms with Crippen molar-refractivity contribution in [2.24, 2.45) is 5.92 Å². The van der Waals surface area contributed by atoms with Gasteiger partial charge in [0, 0.05) is 40.4 Å². The van der Waals surface area contributed by atoms with Crippen molar-refractivity contribution >= 4 is 23.0 Å². The largest absolute Gasteiger partial charge is 0.397 e. The van der Waals surface area contributed by atoms with Crippen LogP contribution in [0, 0.1) is 5.92 Å². The molecule has 0 fully saturated rings. The Morgan fingerprint density at radius 3 is 2.29 bits per heavy atom. The fourth-order valence-electron chi connectivity index (χ4n) is 1.98. The number of nitrogens with two attached hydrogens (primary N) is 1. The second kappa shape index (κ2) is 14.8. The van der Waals surface area contributed by atoms with Crippen molar-refractivity contribution in [2.45, 2.75) is 47.5 Å². The average molecular weight is 340 g/mol. The molecule has 0 heterocycles. The van der Waals surface area contributed by atoms with Crippen LogP contribution in [0.25, 0.3) is 0 Å². The van der Waals surface area contributed by atoms with Crippen molar-refractivity contribution in [2.75, 3.05) is 43.8 Å². The number of nitrogen functional groups attached to an aromatic ring is 1. The predicted octanol–water partition coefficient (Wildman–Crippen LogP) is 4.39. The minimum absolute atomic E-state index is 0.00308. The van der Waals surface area contributed by atoms with E-state index in [4.69, 9.17) is 5.73 Å². The van der Waals surface area contributed by atoms with Crippen LogP contribution in [0.1, 0.15) is 47.5 Å². The van der Waals surface area contributed by atoms with Gasteiger partial charge in [0.25, 0.3) is 0 Å². The molecule has 1 rings (SSSR count). The molecule has 0 aliphatic rings. The van der Waals surface area contributed by atoms with E-state index in [9.17, 15) is 4.79 Å². The van der Waals surface area contributed by atoms with Gasteiger partial charge in [0.2, 0.25) is 5.91 Å². The molecule has 0 aromatic heterocycles. The molecule has 5 nitrogen and oxygen atoms in total. The molecule has 1 atom stereocenters. The molecule has 1 unspecified atom stereocenters. The Labute approximate surface area is 148 Å². The second-order valence-corrected chi connectivity index (χ2v) is 5.53. The fraction of sp³-hybridized carbons (Fsp3) is 0.632. The summed E-state index contributed by atoms with van der Waals surface area (Å²) in [4.78, 5) is 12.9. The number of ether oxygens (including phenoxy) is 1. The SMILES string of the molecule is CC.CCCC(C)CNc1ccc(N(C)C(C)=O)cc1N.COC. The van der Waals surface area contributed by atoms with E-state index in [2.05, 4.69) is 23.9 Å². The Kier molecular flexibility index (Phi) is 15.1. The highest BCUT2D eigenvalue weighted by Crippen LogP contribution is 2.25. The number of methoxy groups -OCH3 is 1. The summed E-state index contributed by atoms with van der Waals surface area (Å²) in [5.41, 5.74) is 8.45. The van der Waals surface area contributed by atoms with Crippen molar-refractivity contribution in [3.8, 4) is 0 Å². The molecular weight excluding hydrogens is 302 g/mol. The maximum absolute atomic E-state index is 11.3. The van der Waals surface area contributed by atoms with Crippen LogP contribution in [-0.2, 0) is 9.53 Å². The highest BCUT2D eigenvalue weighted by Gasteiger charge is 2.08. The lowest BCUT2D eigenvalue weighted by atomic mass is 10.1. The Morgan fingerprint density at radius 1 is 1.33 bits per heavy atom. The predicted molar refractivity (Wildman–Crippen MR) is 107 cm³/mol. The molecular formula is C19H37N3O2. The molecule has 1 amide bonds. The lowest BCUT2D eigenvalue weighted by Gasteiger charge is -2.18. The number of carbonyl (C=O) groups excluding carboxylic acids is 1. The maximum Gasteiger partial charge on any atom is 0.223 e. The van der Waals surface area contributed by atoms with Crippen molar-refractivity contribution in [1.29, 1.82) is 0 Å². The molecule has 0 aliphatic carbocycles. The lowest BCUT2D eigenvalue weighted by Crippen LogP contribution is -2.23. The van der Waals surface area contributed by atoms with E-state index in [-0.39, 0.29) is 5.91 Å². The van der Waals surface area contributed by atoms with Gasteiger partial charge >= 0.3 is 0 Å². The van der Waals surface area contributed by atoms with Crippen LogP contribution in [-0.4, -0.2) is 33.7 Å². The van der Waals surface area contributed by atoms with Gasteiger partial charge in [-0.3, -0.25) is 4.79 Å². The molecule has 0 radical (unpaired) electrons. The summed E-state index contributed by atoms with van der Waals surface area (Å²) in [6, 6.07) is 5.67. The number of hydrogen-bond acceptors (Lipinski definition) is 4. The number of carbonyl (C=O) groups is 1. The lowest BCUT2D eigenvalue weighted by molar-refractivity contribution is -0.116. The van der Waals surface area contributed by atoms with Crippen LogP contribution in [0.2, 0.25) is 0 Å². The molecule has 3 N–H and O–H groups in total. The quantitative estimate of drug-likeness (QED) is 0.754. The summed E-state index contributed by atoms with van der Waals surface area (Å²) < 4.78 is 4.25. The summed E-state index contributed by atoms with van der Waals surface area (Å²) in [5.74, 6) is 0.626. The van der Waals surface area contributed by atoms with Gasteiger partial charge in [0.1, 0.15) is 0 Å². The van der Waals surface area contributed by atoms with Crippen molar-refractivity contribution in [3.63, 3.8) is 0 Å². The smallest absolute Gasteiger partial charge is 0.223 e. The monoisotopic (exact) mass is 339 g/mol. The number of nitrogens with one attached hydrogen (secondary N) is 1. The number of anilines is 3. The van der Waals surface area contributed by atoms with Gasteiger partial charge in [0.05, 0.1) is 11.4 Å². The van der Waals surface area contributed by atoms with Gasteiger partial charge in [-0.2, -0.15) is 0 Å². The topological polar surface area (TPSA) is 67.6 Å². The number of hydrogen-bond donors (Lipinski definition) is 2. The van der Waals surface area contributed by atoms with Gasteiger partial charge in [-0.15, -0.1) is 0 Å². The van der Waals surface area contributed by atoms with Crippen molar-refractivity contribution in [3.05, 3.63) is 18.2 Å². The maximum atomic E-state index is 11.3. The molecule has 0 aliphatic heterocycles. The Balaban J connectivity index is 0. The normalized spacial score (nSPS) is 10.5. The standard InChI is InChI=1S/C15H25N3O.C2H6O.C2H6/c1-5-6-11(2)10-17-15-8-7-13(9-14(15)16)18(4)12(3)19;1-3-2;1-2/h7-9,11,17H,5-6,10,16H2,1-4H3;1-2H3;1-2H3. The van der Waals surface area contributed by atoms with Crippen LogP contribution in [0.3, 0.4) is 0 Å². The molecule has 5 heteroatoms. The third kappa shape index (κ3) is 10.1. The zero-order valence-electron chi connectivity index (χ0n) is 16.8. The Morgan fingerprint density at radius 2 is 1.88 bits per heavy atom. The number of rotatable bonds is 6. The highest BCUT2D eigenvalue weighted by atomic mass is 16.4. The van der Waals surface area contributed by atoms with Gasteiger partial charge in [-0.05, 0) is 30.5 Å². The number of benzene rings is 1. The van der Waals surface area contributed by atoms with E-state index < -0.39 is 0 Å². The average Bonchev–Trinajstić information content (AvgIpc) is 2.55. The van der Waals surface area contributed by atoms with Crippen molar-refractivity contribution in [1.82, 2.24) is 0 Å². The van der Waals surface area contributed by atoms with E-state index in [1.807, 2.05) is 32.0 Å². The van der Waals surface area contributed by atoms with E-state index in [1.54, 1.807) is 26.2 Å². The first kappa shape index (κ1) is 24.5. The van der Waals surface area contributed by atoms with E-state index in [0.717, 1.165) is 17.9 Å². The van der Waals surface area contributed by atoms with E-state index >= 15 is 0 Å². The van der Waals surface area contributed by atoms with Crippen LogP contribution < -0.4 is 16.0 Å². The molecule has 0 saturated carbocycles. The van der Waals surface area contributed by atoms with E-state index in [1.165, 1.54) is 19.8 Å². The van der Waals surface area contributed by atoms with Crippen LogP contribution in [0.5, 0.6) is 0 Å². The van der Waals surface area contributed by atoms with Crippen LogP contribution >= 0.6 is 0 Å². The number of amides is 1. The first-order valence-electron chi connectivity index (χ1n) is 8.65. The zero-order chi connectivity index (χ0) is 19.1. The fourth-order valence-corrected chi connectivity index (χ4v) is 1.98. The first-order chi connectivity index (χ1) is 11.4. The third-order valence-corrected chi connectivity index (χ3v) is 3.32. The van der Waals surface area contributed by atoms with Crippen LogP contribution in [0.15, 0.2) is 18.2 Å². The molecule has 0 spiro atoms. The molecule has 140 valence electrons. The molecule has 0 saturated heterocycles. The van der Waals surface area contributed by atoms with Crippen LogP contribution in [0.4, 0.5) is 17.1 Å². The molecule has 1 aromatic carbocycles. The summed E-state index contributed by atoms with van der Waals surface area (Å²) in [6.07, 6.45) is 2.40. The minimum atomic E-state index is -0.00308. The Bertz CT molecular complexity index is 450. The molecule has 24 heavy (non-hydrogen) atoms. The number of nitrogens with zero attached hydrogens (tertiary/aromatic N) is 1. The summed E-state index contributed by atoms with van der Waals surface area (Å²) in [5, 5.41) is 3.36. The summed E-state index contributed by atoms with van der Waals surface area (Å²) in [7, 11) is 4.99. The van der Waals surface area contributed by atoms with Gasteiger partial charge in [-0.1, -0.05) is 34.1 Å². The summed E-state index contributed by atoms with van der Waals surface area (Å²) in [6.45, 7) is 10.9. The minimum Gasteiger partial charge on any atom is -0.397 e. The highest BCUT2D eigenvalue weighted by molar-refractivity contribution is 5.92. The summed E-state index contributed by atoms with van der Waals surface area (Å²) >= 11 is 0. The van der Waals surface area contributed by atoms with Gasteiger partial charge in [0.15, 0.2) is 0 Å². The first-order valence-corrected chi connectivity index (χ1v) is 8.65. The zero-order valence-corrected chi connectivity index (χ0v) is 16.8. The Hall–Kier alpha value is -1.75. The third-order valence-electron chi connectivity index (χ3n) is 3.32. The van der Waals surface area contributed by atoms with Gasteiger partial charge in [-0.25, -0.2) is 0 Å². The van der Waals surface area contributed by atoms with E-state index in [0.29, 0.717) is 11.6 Å². The van der Waals surface area contributed by atoms with Gasteiger partial charge < -0.3 is 20.7 Å². The van der Waals surface area contributed by atoms with Crippen molar-refractivity contribution < 1.29 is 9.53 Å². The molecule has 1 aromatic rings. The molecule has 0 bridgehead atoms.